The largest absolute Gasteiger partial charge is 0.478 e. The molecule has 0 unspecified atom stereocenters. The molecule has 0 bridgehead atoms. The van der Waals surface area contributed by atoms with Crippen LogP contribution in [0.1, 0.15) is 26.3 Å². The van der Waals surface area contributed by atoms with Gasteiger partial charge in [-0.3, -0.25) is 4.79 Å². The van der Waals surface area contributed by atoms with E-state index in [0.717, 1.165) is 6.07 Å². The predicted octanol–water partition coefficient (Wildman–Crippen LogP) is 2.88. The lowest BCUT2D eigenvalue weighted by atomic mass is 10.0. The van der Waals surface area contributed by atoms with Crippen LogP contribution in [-0.2, 0) is 4.74 Å². The zero-order chi connectivity index (χ0) is 17.0. The number of carbonyl (C=O) groups is 2. The van der Waals surface area contributed by atoms with Crippen molar-refractivity contribution in [2.24, 2.45) is 0 Å². The number of ketones is 1. The highest BCUT2D eigenvalue weighted by Gasteiger charge is 2.21. The summed E-state index contributed by atoms with van der Waals surface area (Å²) < 4.78 is 37.0. The Balaban J connectivity index is 2.43. The Hall–Kier alpha value is -2.80. The van der Waals surface area contributed by atoms with Gasteiger partial charge in [0.2, 0.25) is 0 Å². The lowest BCUT2D eigenvalue weighted by Crippen LogP contribution is -2.10. The van der Waals surface area contributed by atoms with E-state index in [4.69, 9.17) is 9.84 Å². The molecule has 0 aliphatic rings. The highest BCUT2D eigenvalue weighted by molar-refractivity contribution is 6.11. The van der Waals surface area contributed by atoms with Crippen molar-refractivity contribution >= 4 is 11.8 Å². The first-order chi connectivity index (χ1) is 10.9. The maximum absolute atomic E-state index is 14.0. The van der Waals surface area contributed by atoms with Crippen molar-refractivity contribution in [3.8, 4) is 5.75 Å². The smallest absolute Gasteiger partial charge is 0.335 e. The van der Waals surface area contributed by atoms with Crippen molar-refractivity contribution in [3.05, 3.63) is 64.7 Å². The monoisotopic (exact) mass is 322 g/mol. The summed E-state index contributed by atoms with van der Waals surface area (Å²) in [4.78, 5) is 23.2. The minimum Gasteiger partial charge on any atom is -0.478 e. The zero-order valence-corrected chi connectivity index (χ0v) is 12.0. The van der Waals surface area contributed by atoms with Crippen LogP contribution in [0, 0.1) is 11.6 Å². The fourth-order valence-electron chi connectivity index (χ4n) is 1.92. The quantitative estimate of drug-likeness (QED) is 0.654. The number of ether oxygens (including phenoxy) is 2. The lowest BCUT2D eigenvalue weighted by Gasteiger charge is -2.11. The average molecular weight is 322 g/mol. The Morgan fingerprint density at radius 1 is 1.09 bits per heavy atom. The maximum atomic E-state index is 14.0. The number of hydrogen-bond donors (Lipinski definition) is 1. The third-order valence-corrected chi connectivity index (χ3v) is 2.97. The molecule has 2 rings (SSSR count). The lowest BCUT2D eigenvalue weighted by molar-refractivity contribution is 0.0498. The van der Waals surface area contributed by atoms with E-state index in [0.29, 0.717) is 6.07 Å². The van der Waals surface area contributed by atoms with E-state index in [9.17, 15) is 18.4 Å². The van der Waals surface area contributed by atoms with Crippen LogP contribution in [0.15, 0.2) is 36.4 Å². The Bertz CT molecular complexity index is 741. The van der Waals surface area contributed by atoms with Gasteiger partial charge in [0.25, 0.3) is 0 Å². The minimum atomic E-state index is -1.15. The summed E-state index contributed by atoms with van der Waals surface area (Å²) in [5.74, 6) is -4.18. The van der Waals surface area contributed by atoms with Crippen LogP contribution in [0.5, 0.6) is 5.75 Å². The topological polar surface area (TPSA) is 72.8 Å². The van der Waals surface area contributed by atoms with Gasteiger partial charge in [-0.05, 0) is 12.1 Å². The number of benzene rings is 2. The predicted molar refractivity (Wildman–Crippen MR) is 75.7 cm³/mol. The molecule has 2 aromatic rings. The van der Waals surface area contributed by atoms with Crippen molar-refractivity contribution in [3.63, 3.8) is 0 Å². The molecule has 5 nitrogen and oxygen atoms in total. The van der Waals surface area contributed by atoms with Crippen molar-refractivity contribution in [1.29, 1.82) is 0 Å². The van der Waals surface area contributed by atoms with E-state index in [1.165, 1.54) is 31.4 Å². The van der Waals surface area contributed by atoms with E-state index in [-0.39, 0.29) is 23.7 Å². The highest BCUT2D eigenvalue weighted by Crippen LogP contribution is 2.26. The van der Waals surface area contributed by atoms with Gasteiger partial charge in [-0.1, -0.05) is 12.1 Å². The molecule has 0 spiro atoms. The Kier molecular flexibility index (Phi) is 5.02. The number of carbonyl (C=O) groups excluding carboxylic acids is 1. The fraction of sp³-hybridized carbons (Fsp3) is 0.125. The molecule has 0 heterocycles. The van der Waals surface area contributed by atoms with Crippen LogP contribution < -0.4 is 4.74 Å². The molecule has 23 heavy (non-hydrogen) atoms. The number of halogens is 2. The standard InChI is InChI=1S/C16H12F2O5/c1-22-8-23-13-7-11(17)6-12(18)14(13)15(19)9-2-4-10(5-3-9)16(20)21/h2-7H,8H2,1H3,(H,20,21). The Labute approximate surface area is 130 Å². The number of carboxylic acid groups (broad SMARTS) is 1. The van der Waals surface area contributed by atoms with Crippen LogP contribution >= 0.6 is 0 Å². The number of rotatable bonds is 6. The first-order valence-corrected chi connectivity index (χ1v) is 6.43. The van der Waals surface area contributed by atoms with Crippen LogP contribution in [-0.4, -0.2) is 30.8 Å². The molecule has 120 valence electrons. The van der Waals surface area contributed by atoms with Gasteiger partial charge in [0.15, 0.2) is 12.6 Å². The number of aromatic carboxylic acids is 1. The van der Waals surface area contributed by atoms with Gasteiger partial charge >= 0.3 is 5.97 Å². The summed E-state index contributed by atoms with van der Waals surface area (Å²) in [7, 11) is 1.32. The van der Waals surface area contributed by atoms with Gasteiger partial charge in [0.1, 0.15) is 22.9 Å². The van der Waals surface area contributed by atoms with Crippen LogP contribution in [0.25, 0.3) is 0 Å². The summed E-state index contributed by atoms with van der Waals surface area (Å²) in [5.41, 5.74) is -0.425. The van der Waals surface area contributed by atoms with Crippen LogP contribution in [0.2, 0.25) is 0 Å². The van der Waals surface area contributed by atoms with Crippen LogP contribution in [0.4, 0.5) is 8.78 Å². The molecule has 0 aliphatic heterocycles. The van der Waals surface area contributed by atoms with Gasteiger partial charge < -0.3 is 14.6 Å². The third kappa shape index (κ3) is 3.70. The molecule has 0 radical (unpaired) electrons. The molecular formula is C16H12F2O5. The Morgan fingerprint density at radius 2 is 1.70 bits per heavy atom. The summed E-state index contributed by atoms with van der Waals surface area (Å²) in [6.45, 7) is -0.291. The average Bonchev–Trinajstić information content (AvgIpc) is 2.52. The van der Waals surface area contributed by atoms with E-state index in [1.54, 1.807) is 0 Å². The highest BCUT2D eigenvalue weighted by atomic mass is 19.1. The maximum Gasteiger partial charge on any atom is 0.335 e. The second-order valence-corrected chi connectivity index (χ2v) is 4.52. The molecule has 2 aromatic carbocycles. The molecule has 0 aliphatic carbocycles. The van der Waals surface area contributed by atoms with E-state index < -0.39 is 29.0 Å². The van der Waals surface area contributed by atoms with Crippen LogP contribution in [0.3, 0.4) is 0 Å². The van der Waals surface area contributed by atoms with Gasteiger partial charge in [0, 0.05) is 24.8 Å². The van der Waals surface area contributed by atoms with E-state index >= 15 is 0 Å². The van der Waals surface area contributed by atoms with Crippen molar-refractivity contribution in [2.45, 2.75) is 0 Å². The van der Waals surface area contributed by atoms with Crippen molar-refractivity contribution < 1.29 is 33.0 Å². The third-order valence-electron chi connectivity index (χ3n) is 2.97. The molecule has 1 N–H and O–H groups in total. The van der Waals surface area contributed by atoms with Gasteiger partial charge in [-0.25, -0.2) is 13.6 Å². The molecule has 7 heteroatoms. The van der Waals surface area contributed by atoms with E-state index in [1.807, 2.05) is 0 Å². The normalized spacial score (nSPS) is 10.4. The number of hydrogen-bond acceptors (Lipinski definition) is 4. The van der Waals surface area contributed by atoms with Crippen molar-refractivity contribution in [1.82, 2.24) is 0 Å². The molecular weight excluding hydrogens is 310 g/mol. The molecule has 0 saturated carbocycles. The van der Waals surface area contributed by atoms with E-state index in [2.05, 4.69) is 4.74 Å². The first-order valence-electron chi connectivity index (χ1n) is 6.43. The number of carboxylic acids is 1. The molecule has 0 atom stereocenters. The van der Waals surface area contributed by atoms with Crippen molar-refractivity contribution in [2.75, 3.05) is 13.9 Å². The minimum absolute atomic E-state index is 0.0167. The van der Waals surface area contributed by atoms with Gasteiger partial charge in [-0.2, -0.15) is 0 Å². The zero-order valence-electron chi connectivity index (χ0n) is 12.0. The molecule has 0 fully saturated rings. The number of methoxy groups -OCH3 is 1. The van der Waals surface area contributed by atoms with Gasteiger partial charge in [-0.15, -0.1) is 0 Å². The second kappa shape index (κ2) is 6.97. The van der Waals surface area contributed by atoms with Gasteiger partial charge in [0.05, 0.1) is 5.56 Å². The summed E-state index contributed by atoms with van der Waals surface area (Å²) in [6.07, 6.45) is 0. The molecule has 0 saturated heterocycles. The Morgan fingerprint density at radius 3 is 2.26 bits per heavy atom. The molecule has 0 aromatic heterocycles. The summed E-state index contributed by atoms with van der Waals surface area (Å²) in [6, 6.07) is 6.36. The second-order valence-electron chi connectivity index (χ2n) is 4.52. The summed E-state index contributed by atoms with van der Waals surface area (Å²) >= 11 is 0. The first kappa shape index (κ1) is 16.6. The summed E-state index contributed by atoms with van der Waals surface area (Å²) in [5, 5.41) is 8.83. The fourth-order valence-corrected chi connectivity index (χ4v) is 1.92. The molecule has 0 amide bonds. The SMILES string of the molecule is COCOc1cc(F)cc(F)c1C(=O)c1ccc(C(=O)O)cc1.